The average molecular weight is 281 g/mol. The number of aliphatic hydroxyl groups is 1. The fourth-order valence-electron chi connectivity index (χ4n) is 1.58. The van der Waals surface area contributed by atoms with Gasteiger partial charge in [0.05, 0.1) is 11.4 Å². The van der Waals surface area contributed by atoms with Gasteiger partial charge < -0.3 is 15.2 Å². The molecule has 1 aromatic heterocycles. The minimum absolute atomic E-state index is 0.0287. The van der Waals surface area contributed by atoms with Crippen LogP contribution in [0, 0.1) is 17.8 Å². The van der Waals surface area contributed by atoms with E-state index in [4.69, 9.17) is 9.84 Å². The van der Waals surface area contributed by atoms with Crippen molar-refractivity contribution in [2.75, 3.05) is 20.3 Å². The summed E-state index contributed by atoms with van der Waals surface area (Å²) in [5, 5.41) is 11.5. The summed E-state index contributed by atoms with van der Waals surface area (Å²) in [6.45, 7) is 2.95. The van der Waals surface area contributed by atoms with Crippen molar-refractivity contribution in [3.63, 3.8) is 0 Å². The van der Waals surface area contributed by atoms with Gasteiger partial charge in [0.2, 0.25) is 5.91 Å². The molecule has 0 saturated carbocycles. The van der Waals surface area contributed by atoms with E-state index >= 15 is 0 Å². The zero-order valence-corrected chi connectivity index (χ0v) is 12.0. The molecule has 0 aliphatic rings. The molecule has 0 fully saturated rings. The molecule has 1 amide bonds. The van der Waals surface area contributed by atoms with E-state index in [0.717, 1.165) is 9.75 Å². The maximum atomic E-state index is 11.7. The van der Waals surface area contributed by atoms with Crippen molar-refractivity contribution in [3.05, 3.63) is 21.9 Å². The minimum atomic E-state index is -0.138. The number of carbonyl (C=O) groups is 1. The van der Waals surface area contributed by atoms with E-state index < -0.39 is 0 Å². The van der Waals surface area contributed by atoms with Gasteiger partial charge in [0.1, 0.15) is 6.61 Å². The van der Waals surface area contributed by atoms with Crippen molar-refractivity contribution in [3.8, 4) is 11.8 Å². The molecule has 0 saturated heterocycles. The highest BCUT2D eigenvalue weighted by Gasteiger charge is 2.08. The molecular weight excluding hydrogens is 262 g/mol. The lowest BCUT2D eigenvalue weighted by Crippen LogP contribution is -2.25. The van der Waals surface area contributed by atoms with Crippen LogP contribution >= 0.6 is 11.3 Å². The van der Waals surface area contributed by atoms with Gasteiger partial charge >= 0.3 is 0 Å². The van der Waals surface area contributed by atoms with Gasteiger partial charge in [-0.25, -0.2) is 0 Å². The highest BCUT2D eigenvalue weighted by Crippen LogP contribution is 2.15. The summed E-state index contributed by atoms with van der Waals surface area (Å²) in [4.78, 5) is 13.6. The Morgan fingerprint density at radius 2 is 2.37 bits per heavy atom. The summed E-state index contributed by atoms with van der Waals surface area (Å²) in [6.07, 6.45) is 0.469. The van der Waals surface area contributed by atoms with Crippen LogP contribution in [0.5, 0.6) is 0 Å². The molecule has 0 aromatic carbocycles. The van der Waals surface area contributed by atoms with Crippen LogP contribution in [-0.4, -0.2) is 31.3 Å². The fraction of sp³-hybridized carbons (Fsp3) is 0.500. The van der Waals surface area contributed by atoms with E-state index in [1.54, 1.807) is 7.11 Å². The number of amides is 1. The van der Waals surface area contributed by atoms with Crippen LogP contribution in [0.15, 0.2) is 12.1 Å². The SMILES string of the molecule is COCC(C)CC(=O)NCc1ccc(C#CCO)s1. The molecule has 1 heterocycles. The first-order chi connectivity index (χ1) is 9.15. The summed E-state index contributed by atoms with van der Waals surface area (Å²) < 4.78 is 4.99. The lowest BCUT2D eigenvalue weighted by Gasteiger charge is -2.09. The molecule has 1 atom stereocenters. The molecule has 0 aliphatic heterocycles. The van der Waals surface area contributed by atoms with Crippen LogP contribution in [0.4, 0.5) is 0 Å². The van der Waals surface area contributed by atoms with Gasteiger partial charge in [-0.1, -0.05) is 18.8 Å². The van der Waals surface area contributed by atoms with Gasteiger partial charge in [-0.3, -0.25) is 4.79 Å². The Bertz CT molecular complexity index is 459. The van der Waals surface area contributed by atoms with Crippen LogP contribution in [0.2, 0.25) is 0 Å². The van der Waals surface area contributed by atoms with Crippen molar-refractivity contribution in [2.24, 2.45) is 5.92 Å². The van der Waals surface area contributed by atoms with Crippen molar-refractivity contribution in [1.82, 2.24) is 5.32 Å². The molecular formula is C14H19NO3S. The number of ether oxygens (including phenoxy) is 1. The number of methoxy groups -OCH3 is 1. The average Bonchev–Trinajstić information content (AvgIpc) is 2.82. The Kier molecular flexibility index (Phi) is 7.19. The zero-order chi connectivity index (χ0) is 14.1. The standard InChI is InChI=1S/C14H19NO3S/c1-11(10-18-2)8-14(17)15-9-13-6-5-12(19-13)4-3-7-16/h5-6,11,16H,7-10H2,1-2H3,(H,15,17). The third kappa shape index (κ3) is 6.39. The first-order valence-electron chi connectivity index (χ1n) is 6.09. The van der Waals surface area contributed by atoms with E-state index in [0.29, 0.717) is 19.6 Å². The third-order valence-electron chi connectivity index (χ3n) is 2.40. The topological polar surface area (TPSA) is 58.6 Å². The van der Waals surface area contributed by atoms with E-state index in [2.05, 4.69) is 17.2 Å². The fourth-order valence-corrected chi connectivity index (χ4v) is 2.41. The molecule has 19 heavy (non-hydrogen) atoms. The minimum Gasteiger partial charge on any atom is -0.384 e. The van der Waals surface area contributed by atoms with Crippen LogP contribution < -0.4 is 5.32 Å². The van der Waals surface area contributed by atoms with Crippen LogP contribution in [-0.2, 0) is 16.1 Å². The smallest absolute Gasteiger partial charge is 0.220 e. The lowest BCUT2D eigenvalue weighted by atomic mass is 10.1. The highest BCUT2D eigenvalue weighted by molar-refractivity contribution is 7.12. The molecule has 104 valence electrons. The summed E-state index contributed by atoms with van der Waals surface area (Å²) >= 11 is 1.52. The van der Waals surface area contributed by atoms with E-state index in [-0.39, 0.29) is 18.4 Å². The number of rotatable bonds is 6. The number of aliphatic hydroxyl groups excluding tert-OH is 1. The monoisotopic (exact) mass is 281 g/mol. The van der Waals surface area contributed by atoms with E-state index in [1.165, 1.54) is 11.3 Å². The second-order valence-corrected chi connectivity index (χ2v) is 5.44. The Morgan fingerprint density at radius 1 is 1.58 bits per heavy atom. The maximum Gasteiger partial charge on any atom is 0.220 e. The largest absolute Gasteiger partial charge is 0.384 e. The molecule has 1 unspecified atom stereocenters. The summed E-state index contributed by atoms with van der Waals surface area (Å²) in [6, 6.07) is 3.83. The van der Waals surface area contributed by atoms with E-state index in [1.807, 2.05) is 19.1 Å². The molecule has 1 rings (SSSR count). The maximum absolute atomic E-state index is 11.7. The van der Waals surface area contributed by atoms with Crippen LogP contribution in [0.1, 0.15) is 23.1 Å². The highest BCUT2D eigenvalue weighted by atomic mass is 32.1. The third-order valence-corrected chi connectivity index (χ3v) is 3.40. The summed E-state index contributed by atoms with van der Waals surface area (Å²) in [7, 11) is 1.63. The Hall–Kier alpha value is -1.35. The Labute approximate surface area is 117 Å². The van der Waals surface area contributed by atoms with Gasteiger partial charge in [0.15, 0.2) is 0 Å². The van der Waals surface area contributed by atoms with Crippen molar-refractivity contribution >= 4 is 17.2 Å². The van der Waals surface area contributed by atoms with Gasteiger partial charge in [0.25, 0.3) is 0 Å². The normalized spacial score (nSPS) is 11.5. The van der Waals surface area contributed by atoms with Gasteiger partial charge in [-0.05, 0) is 18.1 Å². The quantitative estimate of drug-likeness (QED) is 0.775. The van der Waals surface area contributed by atoms with Crippen molar-refractivity contribution in [1.29, 1.82) is 0 Å². The second kappa shape index (κ2) is 8.70. The van der Waals surface area contributed by atoms with Gasteiger partial charge in [0, 0.05) is 25.0 Å². The van der Waals surface area contributed by atoms with Crippen LogP contribution in [0.25, 0.3) is 0 Å². The molecule has 0 radical (unpaired) electrons. The zero-order valence-electron chi connectivity index (χ0n) is 11.2. The molecule has 0 spiro atoms. The first kappa shape index (κ1) is 15.7. The molecule has 2 N–H and O–H groups in total. The molecule has 1 aromatic rings. The molecule has 5 heteroatoms. The summed E-state index contributed by atoms with van der Waals surface area (Å²) in [5.74, 6) is 5.69. The molecule has 0 aliphatic carbocycles. The molecule has 0 bridgehead atoms. The predicted octanol–water partition coefficient (Wildman–Crippen LogP) is 1.38. The molecule has 4 nitrogen and oxygen atoms in total. The predicted molar refractivity (Wildman–Crippen MR) is 75.8 cm³/mol. The Balaban J connectivity index is 2.36. The Morgan fingerprint density at radius 3 is 3.05 bits per heavy atom. The number of hydrogen-bond acceptors (Lipinski definition) is 4. The number of nitrogens with one attached hydrogen (secondary N) is 1. The van der Waals surface area contributed by atoms with Gasteiger partial charge in [-0.15, -0.1) is 11.3 Å². The second-order valence-electron chi connectivity index (χ2n) is 4.27. The van der Waals surface area contributed by atoms with E-state index in [9.17, 15) is 4.79 Å². The lowest BCUT2D eigenvalue weighted by molar-refractivity contribution is -0.122. The van der Waals surface area contributed by atoms with Crippen LogP contribution in [0.3, 0.4) is 0 Å². The number of carbonyl (C=O) groups excluding carboxylic acids is 1. The first-order valence-corrected chi connectivity index (χ1v) is 6.91. The number of hydrogen-bond donors (Lipinski definition) is 2. The van der Waals surface area contributed by atoms with Crippen molar-refractivity contribution < 1.29 is 14.6 Å². The summed E-state index contributed by atoms with van der Waals surface area (Å²) in [5.41, 5.74) is 0. The van der Waals surface area contributed by atoms with Gasteiger partial charge in [-0.2, -0.15) is 0 Å². The van der Waals surface area contributed by atoms with Crippen molar-refractivity contribution in [2.45, 2.75) is 19.9 Å². The number of thiophene rings is 1.